The summed E-state index contributed by atoms with van der Waals surface area (Å²) in [4.78, 5) is 4.49. The topological polar surface area (TPSA) is 24.4 Å². The van der Waals surface area contributed by atoms with E-state index in [2.05, 4.69) is 70.9 Å². The summed E-state index contributed by atoms with van der Waals surface area (Å²) in [5.74, 6) is 5.25. The summed E-state index contributed by atoms with van der Waals surface area (Å²) in [5, 5.41) is 3.53. The van der Waals surface area contributed by atoms with E-state index in [0.29, 0.717) is 5.92 Å². The van der Waals surface area contributed by atoms with E-state index >= 15 is 0 Å². The molecule has 2 rings (SSSR count). The molecule has 0 heterocycles. The van der Waals surface area contributed by atoms with Crippen LogP contribution in [0.25, 0.3) is 0 Å². The van der Waals surface area contributed by atoms with Gasteiger partial charge in [-0.15, -0.1) is 0 Å². The lowest BCUT2D eigenvalue weighted by molar-refractivity contribution is 0.290. The molecule has 1 N–H and O–H groups in total. The van der Waals surface area contributed by atoms with Crippen LogP contribution in [-0.2, 0) is 0 Å². The van der Waals surface area contributed by atoms with Gasteiger partial charge in [-0.05, 0) is 92.1 Å². The molecule has 0 spiro atoms. The average Bonchev–Trinajstić information content (AvgIpc) is 3.47. The van der Waals surface area contributed by atoms with Crippen LogP contribution in [0.15, 0.2) is 28.3 Å². The molecule has 2 aliphatic carbocycles. The zero-order valence-electron chi connectivity index (χ0n) is 19.9. The van der Waals surface area contributed by atoms with Gasteiger partial charge in [0.05, 0.1) is 0 Å². The van der Waals surface area contributed by atoms with Crippen molar-refractivity contribution in [1.29, 1.82) is 0 Å². The van der Waals surface area contributed by atoms with Crippen LogP contribution in [0, 0.1) is 35.0 Å². The highest BCUT2D eigenvalue weighted by atomic mass is 15.0. The number of rotatable bonds is 6. The quantitative estimate of drug-likeness (QED) is 0.225. The smallest absolute Gasteiger partial charge is 0.120 e. The van der Waals surface area contributed by atoms with Crippen molar-refractivity contribution in [2.45, 2.75) is 87.0 Å². The molecule has 0 radical (unpaired) electrons. The Kier molecular flexibility index (Phi) is 8.40. The van der Waals surface area contributed by atoms with Gasteiger partial charge in [-0.1, -0.05) is 53.2 Å². The molecular weight excluding hydrogens is 340 g/mol. The van der Waals surface area contributed by atoms with Crippen molar-refractivity contribution < 1.29 is 0 Å². The van der Waals surface area contributed by atoms with Crippen LogP contribution in [0.5, 0.6) is 0 Å². The highest BCUT2D eigenvalue weighted by molar-refractivity contribution is 5.93. The molecule has 0 aromatic rings. The molecule has 0 amide bonds. The molecule has 28 heavy (non-hydrogen) atoms. The molecule has 4 atom stereocenters. The first-order valence-electron chi connectivity index (χ1n) is 11.7. The highest BCUT2D eigenvalue weighted by Gasteiger charge is 2.38. The van der Waals surface area contributed by atoms with Crippen molar-refractivity contribution in [2.24, 2.45) is 40.0 Å². The van der Waals surface area contributed by atoms with Gasteiger partial charge in [0.1, 0.15) is 5.84 Å². The summed E-state index contributed by atoms with van der Waals surface area (Å²) in [6.45, 7) is 17.4. The number of amidine groups is 1. The Bertz CT molecular complexity index is 586. The average molecular weight is 387 g/mol. The third kappa shape index (κ3) is 6.78. The highest BCUT2D eigenvalue weighted by Crippen LogP contribution is 2.48. The lowest BCUT2D eigenvalue weighted by Gasteiger charge is -2.30. The van der Waals surface area contributed by atoms with Gasteiger partial charge < -0.3 is 5.32 Å². The maximum Gasteiger partial charge on any atom is 0.120 e. The molecule has 2 fully saturated rings. The zero-order chi connectivity index (χ0) is 20.9. The number of allylic oxidation sites excluding steroid dienone is 3. The summed E-state index contributed by atoms with van der Waals surface area (Å²) in [5.41, 5.74) is 3.39. The van der Waals surface area contributed by atoms with Gasteiger partial charge in [-0.2, -0.15) is 0 Å². The summed E-state index contributed by atoms with van der Waals surface area (Å²) in [6, 6.07) is 0. The Morgan fingerprint density at radius 1 is 1.00 bits per heavy atom. The maximum atomic E-state index is 4.49. The van der Waals surface area contributed by atoms with Crippen molar-refractivity contribution in [1.82, 2.24) is 5.32 Å². The first-order valence-corrected chi connectivity index (χ1v) is 11.7. The molecule has 2 heteroatoms. The van der Waals surface area contributed by atoms with Crippen LogP contribution < -0.4 is 5.32 Å². The fourth-order valence-electron chi connectivity index (χ4n) is 5.05. The Hall–Kier alpha value is -1.05. The second-order valence-electron chi connectivity index (χ2n) is 10.8. The predicted octanol–water partition coefficient (Wildman–Crippen LogP) is 7.03. The molecule has 2 nitrogen and oxygen atoms in total. The van der Waals surface area contributed by atoms with Gasteiger partial charge in [0, 0.05) is 13.6 Å². The summed E-state index contributed by atoms with van der Waals surface area (Å²) < 4.78 is 0. The monoisotopic (exact) mass is 386 g/mol. The van der Waals surface area contributed by atoms with Crippen molar-refractivity contribution in [3.05, 3.63) is 23.3 Å². The molecule has 0 aromatic carbocycles. The van der Waals surface area contributed by atoms with Crippen LogP contribution in [0.3, 0.4) is 0 Å². The van der Waals surface area contributed by atoms with Crippen molar-refractivity contribution >= 4 is 5.84 Å². The van der Waals surface area contributed by atoms with Crippen molar-refractivity contribution in [3.63, 3.8) is 0 Å². The first kappa shape index (κ1) is 23.2. The first-order chi connectivity index (χ1) is 13.2. The van der Waals surface area contributed by atoms with E-state index in [0.717, 1.165) is 42.5 Å². The van der Waals surface area contributed by atoms with Crippen LogP contribution in [0.4, 0.5) is 0 Å². The molecule has 0 saturated heterocycles. The minimum atomic E-state index is 0.254. The SMILES string of the molecule is CC\C(C)=C(/C=C\C(=N/C)NCC(C)(C)C)C1C(C)CCC(C2CC2)CC1C. The van der Waals surface area contributed by atoms with Crippen LogP contribution in [-0.4, -0.2) is 19.4 Å². The van der Waals surface area contributed by atoms with E-state index in [9.17, 15) is 0 Å². The summed E-state index contributed by atoms with van der Waals surface area (Å²) in [7, 11) is 1.89. The van der Waals surface area contributed by atoms with Gasteiger partial charge >= 0.3 is 0 Å². The summed E-state index contributed by atoms with van der Waals surface area (Å²) >= 11 is 0. The van der Waals surface area contributed by atoms with Crippen LogP contribution in [0.2, 0.25) is 0 Å². The summed E-state index contributed by atoms with van der Waals surface area (Å²) in [6.07, 6.45) is 13.0. The predicted molar refractivity (Wildman–Crippen MR) is 125 cm³/mol. The van der Waals surface area contributed by atoms with Crippen LogP contribution >= 0.6 is 0 Å². The minimum Gasteiger partial charge on any atom is -0.370 e. The Labute approximate surface area is 175 Å². The van der Waals surface area contributed by atoms with Gasteiger partial charge in [0.2, 0.25) is 0 Å². The molecule has 0 aliphatic heterocycles. The third-order valence-corrected chi connectivity index (χ3v) is 7.03. The Morgan fingerprint density at radius 3 is 2.18 bits per heavy atom. The second kappa shape index (κ2) is 10.1. The molecule has 2 aliphatic rings. The van der Waals surface area contributed by atoms with E-state index in [1.807, 2.05) is 7.05 Å². The zero-order valence-corrected chi connectivity index (χ0v) is 19.9. The van der Waals surface area contributed by atoms with E-state index in [1.54, 1.807) is 11.1 Å². The van der Waals surface area contributed by atoms with Gasteiger partial charge in [-0.3, -0.25) is 4.99 Å². The lowest BCUT2D eigenvalue weighted by atomic mass is 9.74. The molecule has 4 unspecified atom stereocenters. The number of aliphatic imine (C=N–C) groups is 1. The third-order valence-electron chi connectivity index (χ3n) is 7.03. The fourth-order valence-corrected chi connectivity index (χ4v) is 5.05. The second-order valence-corrected chi connectivity index (χ2v) is 10.8. The molecule has 0 bridgehead atoms. The number of hydrogen-bond acceptors (Lipinski definition) is 1. The Morgan fingerprint density at radius 2 is 1.64 bits per heavy atom. The molecule has 0 aromatic heterocycles. The van der Waals surface area contributed by atoms with Gasteiger partial charge in [0.25, 0.3) is 0 Å². The molecular formula is C26H46N2. The van der Waals surface area contributed by atoms with Crippen LogP contribution in [0.1, 0.15) is 87.0 Å². The maximum absolute atomic E-state index is 4.49. The van der Waals surface area contributed by atoms with Crippen molar-refractivity contribution in [3.8, 4) is 0 Å². The molecule has 2 saturated carbocycles. The molecule has 160 valence electrons. The van der Waals surface area contributed by atoms with E-state index < -0.39 is 0 Å². The largest absolute Gasteiger partial charge is 0.370 e. The number of hydrogen-bond donors (Lipinski definition) is 1. The van der Waals surface area contributed by atoms with E-state index in [-0.39, 0.29) is 5.41 Å². The minimum absolute atomic E-state index is 0.254. The standard InChI is InChI=1S/C26H46N2/c1-9-18(2)23(14-15-24(27-8)28-17-26(5,6)7)25-19(3)10-11-22(16-20(25)4)21-12-13-21/h14-15,19-22,25H,9-13,16-17H2,1-8H3,(H,27,28)/b15-14-,23-18+. The van der Waals surface area contributed by atoms with Gasteiger partial charge in [0.15, 0.2) is 0 Å². The van der Waals surface area contributed by atoms with Gasteiger partial charge in [-0.25, -0.2) is 0 Å². The fraction of sp³-hybridized carbons (Fsp3) is 0.808. The van der Waals surface area contributed by atoms with E-state index in [1.165, 1.54) is 32.1 Å². The van der Waals surface area contributed by atoms with Crippen molar-refractivity contribution in [2.75, 3.05) is 13.6 Å². The lowest BCUT2D eigenvalue weighted by Crippen LogP contribution is -2.31. The van der Waals surface area contributed by atoms with E-state index in [4.69, 9.17) is 0 Å². The number of nitrogens with one attached hydrogen (secondary N) is 1. The normalized spacial score (nSPS) is 30.9. The number of nitrogens with zero attached hydrogens (tertiary/aromatic N) is 1. The Balaban J connectivity index is 2.20.